The Morgan fingerprint density at radius 2 is 1.84 bits per heavy atom. The first-order valence-corrected chi connectivity index (χ1v) is 8.47. The standard InChI is InChI=1S/C21H27NO3/c1-15(16-9-8-10-17(23)13-16)22(5)20(24)14-25-19-12-7-6-11-18(19)21(2,3)4/h6-13,15,23H,14H2,1-5H3/t15-/m0/s1. The van der Waals surface area contributed by atoms with E-state index in [1.54, 1.807) is 30.1 Å². The molecule has 2 rings (SSSR count). The molecule has 0 radical (unpaired) electrons. The number of phenols is 1. The number of aromatic hydroxyl groups is 1. The van der Waals surface area contributed by atoms with Crippen molar-refractivity contribution in [1.29, 1.82) is 0 Å². The molecule has 0 saturated carbocycles. The van der Waals surface area contributed by atoms with Gasteiger partial charge in [0.1, 0.15) is 11.5 Å². The number of ether oxygens (including phenoxy) is 1. The number of rotatable bonds is 5. The maximum atomic E-state index is 12.5. The molecule has 4 heteroatoms. The first kappa shape index (κ1) is 18.8. The Morgan fingerprint density at radius 1 is 1.16 bits per heavy atom. The van der Waals surface area contributed by atoms with Crippen molar-refractivity contribution in [3.63, 3.8) is 0 Å². The minimum absolute atomic E-state index is 0.0211. The largest absolute Gasteiger partial charge is 0.508 e. The topological polar surface area (TPSA) is 49.8 Å². The molecule has 0 bridgehead atoms. The van der Waals surface area contributed by atoms with E-state index < -0.39 is 0 Å². The van der Waals surface area contributed by atoms with E-state index in [0.29, 0.717) is 0 Å². The Balaban J connectivity index is 2.05. The highest BCUT2D eigenvalue weighted by atomic mass is 16.5. The quantitative estimate of drug-likeness (QED) is 0.883. The van der Waals surface area contributed by atoms with E-state index in [0.717, 1.165) is 16.9 Å². The first-order valence-electron chi connectivity index (χ1n) is 8.47. The summed E-state index contributed by atoms with van der Waals surface area (Å²) >= 11 is 0. The number of benzene rings is 2. The molecule has 25 heavy (non-hydrogen) atoms. The van der Waals surface area contributed by atoms with Crippen LogP contribution in [-0.2, 0) is 10.2 Å². The van der Waals surface area contributed by atoms with Crippen LogP contribution < -0.4 is 4.74 Å². The van der Waals surface area contributed by atoms with E-state index in [1.807, 2.05) is 37.3 Å². The molecular weight excluding hydrogens is 314 g/mol. The van der Waals surface area contributed by atoms with Crippen LogP contribution in [0.2, 0.25) is 0 Å². The van der Waals surface area contributed by atoms with Gasteiger partial charge in [-0.2, -0.15) is 0 Å². The number of amides is 1. The Kier molecular flexibility index (Phi) is 5.73. The van der Waals surface area contributed by atoms with Crippen molar-refractivity contribution in [1.82, 2.24) is 4.90 Å². The molecule has 1 atom stereocenters. The molecule has 0 aliphatic heterocycles. The Hall–Kier alpha value is -2.49. The number of nitrogens with zero attached hydrogens (tertiary/aromatic N) is 1. The van der Waals surface area contributed by atoms with Crippen LogP contribution in [-0.4, -0.2) is 29.6 Å². The molecule has 0 aliphatic rings. The van der Waals surface area contributed by atoms with Gasteiger partial charge < -0.3 is 14.7 Å². The van der Waals surface area contributed by atoms with Gasteiger partial charge in [0.15, 0.2) is 6.61 Å². The summed E-state index contributed by atoms with van der Waals surface area (Å²) in [7, 11) is 1.75. The molecule has 1 amide bonds. The van der Waals surface area contributed by atoms with Gasteiger partial charge in [-0.1, -0.05) is 51.1 Å². The maximum absolute atomic E-state index is 12.5. The zero-order chi connectivity index (χ0) is 18.6. The minimum Gasteiger partial charge on any atom is -0.508 e. The summed E-state index contributed by atoms with van der Waals surface area (Å²) in [6, 6.07) is 14.6. The lowest BCUT2D eigenvalue weighted by Gasteiger charge is -2.26. The van der Waals surface area contributed by atoms with E-state index in [1.165, 1.54) is 0 Å². The number of para-hydroxylation sites is 1. The van der Waals surface area contributed by atoms with Crippen molar-refractivity contribution < 1.29 is 14.6 Å². The highest BCUT2D eigenvalue weighted by Gasteiger charge is 2.21. The van der Waals surface area contributed by atoms with Crippen molar-refractivity contribution in [2.45, 2.75) is 39.2 Å². The molecule has 1 N–H and O–H groups in total. The van der Waals surface area contributed by atoms with Gasteiger partial charge in [0.2, 0.25) is 0 Å². The summed E-state index contributed by atoms with van der Waals surface area (Å²) in [5.74, 6) is 0.821. The summed E-state index contributed by atoms with van der Waals surface area (Å²) in [6.07, 6.45) is 0. The number of hydrogen-bond acceptors (Lipinski definition) is 3. The van der Waals surface area contributed by atoms with Crippen LogP contribution in [0.25, 0.3) is 0 Å². The summed E-state index contributed by atoms with van der Waals surface area (Å²) in [5.41, 5.74) is 1.90. The zero-order valence-electron chi connectivity index (χ0n) is 15.6. The highest BCUT2D eigenvalue weighted by molar-refractivity contribution is 5.78. The molecule has 0 spiro atoms. The fourth-order valence-electron chi connectivity index (χ4n) is 2.68. The number of likely N-dealkylation sites (N-methyl/N-ethyl adjacent to an activating group) is 1. The zero-order valence-corrected chi connectivity index (χ0v) is 15.6. The molecule has 0 heterocycles. The van der Waals surface area contributed by atoms with E-state index >= 15 is 0 Å². The molecule has 0 unspecified atom stereocenters. The molecule has 0 aromatic heterocycles. The lowest BCUT2D eigenvalue weighted by Crippen LogP contribution is -2.33. The predicted octanol–water partition coefficient (Wildman–Crippen LogP) is 4.29. The Bertz CT molecular complexity index is 734. The average Bonchev–Trinajstić information content (AvgIpc) is 2.57. The number of hydrogen-bond donors (Lipinski definition) is 1. The van der Waals surface area contributed by atoms with Gasteiger partial charge in [-0.25, -0.2) is 0 Å². The van der Waals surface area contributed by atoms with Crippen molar-refractivity contribution >= 4 is 5.91 Å². The third-order valence-electron chi connectivity index (χ3n) is 4.37. The second-order valence-corrected chi connectivity index (χ2v) is 7.31. The highest BCUT2D eigenvalue weighted by Crippen LogP contribution is 2.31. The summed E-state index contributed by atoms with van der Waals surface area (Å²) in [6.45, 7) is 8.26. The third kappa shape index (κ3) is 4.75. The summed E-state index contributed by atoms with van der Waals surface area (Å²) in [5, 5.41) is 9.61. The Labute approximate surface area is 150 Å². The van der Waals surface area contributed by atoms with Gasteiger partial charge in [0.05, 0.1) is 6.04 Å². The van der Waals surface area contributed by atoms with Gasteiger partial charge in [0, 0.05) is 7.05 Å². The van der Waals surface area contributed by atoms with E-state index in [2.05, 4.69) is 20.8 Å². The van der Waals surface area contributed by atoms with Gasteiger partial charge in [-0.15, -0.1) is 0 Å². The van der Waals surface area contributed by atoms with Crippen LogP contribution in [0.4, 0.5) is 0 Å². The lowest BCUT2D eigenvalue weighted by atomic mass is 9.86. The SMILES string of the molecule is C[C@@H](c1cccc(O)c1)N(C)C(=O)COc1ccccc1C(C)(C)C. The molecule has 2 aromatic rings. The van der Waals surface area contributed by atoms with E-state index in [4.69, 9.17) is 4.74 Å². The van der Waals surface area contributed by atoms with Gasteiger partial charge >= 0.3 is 0 Å². The van der Waals surface area contributed by atoms with Crippen molar-refractivity contribution in [2.75, 3.05) is 13.7 Å². The molecule has 0 saturated heterocycles. The van der Waals surface area contributed by atoms with Crippen molar-refractivity contribution in [3.8, 4) is 11.5 Å². The first-order chi connectivity index (χ1) is 11.7. The molecule has 4 nitrogen and oxygen atoms in total. The van der Waals surface area contributed by atoms with Crippen molar-refractivity contribution in [2.24, 2.45) is 0 Å². The maximum Gasteiger partial charge on any atom is 0.260 e. The molecule has 0 fully saturated rings. The van der Waals surface area contributed by atoms with Crippen LogP contribution in [0.1, 0.15) is 44.9 Å². The molecule has 134 valence electrons. The van der Waals surface area contributed by atoms with Crippen LogP contribution >= 0.6 is 0 Å². The second-order valence-electron chi connectivity index (χ2n) is 7.31. The molecule has 0 aliphatic carbocycles. The van der Waals surface area contributed by atoms with Crippen LogP contribution in [0, 0.1) is 0 Å². The number of phenolic OH excluding ortho intramolecular Hbond substituents is 1. The summed E-state index contributed by atoms with van der Waals surface area (Å²) < 4.78 is 5.82. The van der Waals surface area contributed by atoms with Crippen molar-refractivity contribution in [3.05, 3.63) is 59.7 Å². The van der Waals surface area contributed by atoms with Crippen LogP contribution in [0.15, 0.2) is 48.5 Å². The van der Waals surface area contributed by atoms with Crippen LogP contribution in [0.3, 0.4) is 0 Å². The normalized spacial score (nSPS) is 12.5. The van der Waals surface area contributed by atoms with E-state index in [9.17, 15) is 9.90 Å². The number of carbonyl (C=O) groups is 1. The van der Waals surface area contributed by atoms with Gasteiger partial charge in [-0.3, -0.25) is 4.79 Å². The monoisotopic (exact) mass is 341 g/mol. The Morgan fingerprint density at radius 3 is 2.48 bits per heavy atom. The average molecular weight is 341 g/mol. The minimum atomic E-state index is -0.152. The third-order valence-corrected chi connectivity index (χ3v) is 4.37. The van der Waals surface area contributed by atoms with Gasteiger partial charge in [-0.05, 0) is 41.7 Å². The van der Waals surface area contributed by atoms with Crippen LogP contribution in [0.5, 0.6) is 11.5 Å². The lowest BCUT2D eigenvalue weighted by molar-refractivity contribution is -0.134. The fourth-order valence-corrected chi connectivity index (χ4v) is 2.68. The molecular formula is C21H27NO3. The molecule has 2 aromatic carbocycles. The number of carbonyl (C=O) groups excluding carboxylic acids is 1. The summed E-state index contributed by atoms with van der Waals surface area (Å²) in [4.78, 5) is 14.1. The predicted molar refractivity (Wildman–Crippen MR) is 99.9 cm³/mol. The fraction of sp³-hybridized carbons (Fsp3) is 0.381. The van der Waals surface area contributed by atoms with Gasteiger partial charge in [0.25, 0.3) is 5.91 Å². The second kappa shape index (κ2) is 7.60. The smallest absolute Gasteiger partial charge is 0.260 e. The van der Waals surface area contributed by atoms with E-state index in [-0.39, 0.29) is 29.7 Å².